The van der Waals surface area contributed by atoms with E-state index in [1.54, 1.807) is 0 Å². The summed E-state index contributed by atoms with van der Waals surface area (Å²) < 4.78 is 0. The standard InChI is InChI=1S/3ClH.4H3N.Pt/h3*1H;4*1H3;/p-3. The Kier molecular flexibility index (Phi) is 9960. The Bertz CT molecular complexity index is 11.2. The second-order valence-corrected chi connectivity index (χ2v) is 0. The van der Waals surface area contributed by atoms with Crippen molar-refractivity contribution in [3.05, 3.63) is 0 Å². The molecule has 0 saturated carbocycles. The molecule has 8 heavy (non-hydrogen) atoms. The third kappa shape index (κ3) is 155. The Balaban J connectivity index is 0. The minimum atomic E-state index is 0. The summed E-state index contributed by atoms with van der Waals surface area (Å²) in [4.78, 5) is 0. The van der Waals surface area contributed by atoms with Crippen LogP contribution in [-0.2, 0) is 21.1 Å². The summed E-state index contributed by atoms with van der Waals surface area (Å²) in [6.45, 7) is 0. The molecule has 66 valence electrons. The Morgan fingerprint density at radius 2 is 0.375 bits per heavy atom. The number of rotatable bonds is 0. The van der Waals surface area contributed by atoms with Gasteiger partial charge in [-0.15, -0.1) is 0 Å². The van der Waals surface area contributed by atoms with Crippen LogP contribution in [0.1, 0.15) is 0 Å². The first-order valence-electron chi connectivity index (χ1n) is 0. The molecule has 0 bridgehead atoms. The predicted octanol–water partition coefficient (Wildman–Crippen LogP) is -8.34. The summed E-state index contributed by atoms with van der Waals surface area (Å²) in [5.74, 6) is 0. The van der Waals surface area contributed by atoms with Crippen molar-refractivity contribution < 1.29 is 58.3 Å². The molecule has 0 aromatic heterocycles. The Morgan fingerprint density at radius 3 is 0.375 bits per heavy atom. The molecule has 0 rings (SSSR count). The van der Waals surface area contributed by atoms with Gasteiger partial charge < -0.3 is 61.8 Å². The van der Waals surface area contributed by atoms with Crippen LogP contribution in [0.2, 0.25) is 0 Å². The fraction of sp³-hybridized carbons (Fsp3) is 0. The van der Waals surface area contributed by atoms with Crippen molar-refractivity contribution in [3.8, 4) is 0 Å². The van der Waals surface area contributed by atoms with Crippen LogP contribution in [0, 0.1) is 0 Å². The van der Waals surface area contributed by atoms with Crippen molar-refractivity contribution in [1.29, 1.82) is 0 Å². The van der Waals surface area contributed by atoms with Crippen LogP contribution in [0.3, 0.4) is 0 Å². The van der Waals surface area contributed by atoms with Gasteiger partial charge in [0.05, 0.1) is 0 Å². The molecule has 0 amide bonds. The average molecular weight is 370 g/mol. The van der Waals surface area contributed by atoms with E-state index >= 15 is 0 Å². The van der Waals surface area contributed by atoms with Gasteiger partial charge in [-0.1, -0.05) is 0 Å². The van der Waals surface area contributed by atoms with Gasteiger partial charge in [-0.25, -0.2) is 0 Å². The summed E-state index contributed by atoms with van der Waals surface area (Å²) in [6.07, 6.45) is 0. The molecule has 0 aliphatic rings. The Morgan fingerprint density at radius 1 is 0.375 bits per heavy atom. The molecule has 4 nitrogen and oxygen atoms in total. The van der Waals surface area contributed by atoms with E-state index in [0.717, 1.165) is 0 Å². The molecule has 0 aliphatic carbocycles. The molecule has 0 saturated heterocycles. The minimum absolute atomic E-state index is 0. The molecule has 0 heterocycles. The van der Waals surface area contributed by atoms with Crippen LogP contribution in [-0.4, -0.2) is 0 Å². The Labute approximate surface area is 82.8 Å². The average Bonchev–Trinajstić information content (AvgIpc) is 0. The summed E-state index contributed by atoms with van der Waals surface area (Å²) in [7, 11) is 0. The molecular formula is H12Cl3N4Pt-3. The molecule has 0 aliphatic heterocycles. The van der Waals surface area contributed by atoms with Crippen molar-refractivity contribution in [1.82, 2.24) is 24.6 Å². The van der Waals surface area contributed by atoms with Gasteiger partial charge in [-0.2, -0.15) is 0 Å². The Hall–Kier alpha value is 1.40. The van der Waals surface area contributed by atoms with Gasteiger partial charge in [-0.05, 0) is 0 Å². The zero-order valence-electron chi connectivity index (χ0n) is 4.28. The zero-order chi connectivity index (χ0) is 0. The molecule has 0 unspecified atom stereocenters. The third-order valence-electron chi connectivity index (χ3n) is 0. The van der Waals surface area contributed by atoms with E-state index < -0.39 is 0 Å². The topological polar surface area (TPSA) is 140 Å². The normalized spacial score (nSPS) is 0. The fourth-order valence-corrected chi connectivity index (χ4v) is 0. The van der Waals surface area contributed by atoms with Crippen molar-refractivity contribution >= 4 is 0 Å². The zero-order valence-corrected chi connectivity index (χ0v) is 8.82. The number of hydrogen-bond donors (Lipinski definition) is 4. The van der Waals surface area contributed by atoms with E-state index in [9.17, 15) is 0 Å². The molecular weight excluding hydrogens is 357 g/mol. The van der Waals surface area contributed by atoms with Crippen LogP contribution in [0.4, 0.5) is 0 Å². The predicted molar refractivity (Wildman–Crippen MR) is 20.1 cm³/mol. The van der Waals surface area contributed by atoms with Crippen LogP contribution in [0.15, 0.2) is 0 Å². The number of hydrogen-bond acceptors (Lipinski definition) is 4. The van der Waals surface area contributed by atoms with E-state index in [-0.39, 0.29) is 82.9 Å². The van der Waals surface area contributed by atoms with E-state index in [1.165, 1.54) is 0 Å². The molecule has 0 spiro atoms. The monoisotopic (exact) mass is 368 g/mol. The summed E-state index contributed by atoms with van der Waals surface area (Å²) in [6, 6.07) is 0. The molecule has 0 atom stereocenters. The summed E-state index contributed by atoms with van der Waals surface area (Å²) in [5, 5.41) is 0. The maximum atomic E-state index is 0. The van der Waals surface area contributed by atoms with E-state index in [1.807, 2.05) is 0 Å². The van der Waals surface area contributed by atoms with Gasteiger partial charge in [0.2, 0.25) is 0 Å². The van der Waals surface area contributed by atoms with E-state index in [4.69, 9.17) is 0 Å². The van der Waals surface area contributed by atoms with Crippen molar-refractivity contribution in [2.24, 2.45) is 0 Å². The van der Waals surface area contributed by atoms with Gasteiger partial charge in [0.1, 0.15) is 0 Å². The first kappa shape index (κ1) is 339. The van der Waals surface area contributed by atoms with Crippen LogP contribution in [0.5, 0.6) is 0 Å². The molecule has 0 radical (unpaired) electrons. The van der Waals surface area contributed by atoms with Crippen LogP contribution < -0.4 is 61.8 Å². The first-order valence-corrected chi connectivity index (χ1v) is 0. The maximum absolute atomic E-state index is 0. The molecule has 0 aromatic rings. The smallest absolute Gasteiger partial charge is 0 e. The third-order valence-corrected chi connectivity index (χ3v) is 0. The molecule has 12 N–H and O–H groups in total. The largest absolute Gasteiger partial charge is 1.00 e. The van der Waals surface area contributed by atoms with Gasteiger partial charge >= 0.3 is 0 Å². The summed E-state index contributed by atoms with van der Waals surface area (Å²) >= 11 is 0. The number of halogens is 3. The van der Waals surface area contributed by atoms with E-state index in [0.29, 0.717) is 0 Å². The molecule has 0 aromatic carbocycles. The second-order valence-electron chi connectivity index (χ2n) is 0. The fourth-order valence-electron chi connectivity index (χ4n) is 0. The van der Waals surface area contributed by atoms with Gasteiger partial charge in [0.25, 0.3) is 0 Å². The van der Waals surface area contributed by atoms with Gasteiger partial charge in [0.15, 0.2) is 0 Å². The first-order chi connectivity index (χ1) is 0. The second kappa shape index (κ2) is 235. The van der Waals surface area contributed by atoms with Crippen molar-refractivity contribution in [3.63, 3.8) is 0 Å². The minimum Gasteiger partial charge on any atom is -1.00 e. The molecule has 0 fully saturated rings. The van der Waals surface area contributed by atoms with E-state index in [2.05, 4.69) is 0 Å². The van der Waals surface area contributed by atoms with Crippen molar-refractivity contribution in [2.45, 2.75) is 0 Å². The quantitative estimate of drug-likeness (QED) is 0.337. The maximum Gasteiger partial charge on any atom is 0 e. The summed E-state index contributed by atoms with van der Waals surface area (Å²) in [5.41, 5.74) is 0. The van der Waals surface area contributed by atoms with Crippen molar-refractivity contribution in [2.75, 3.05) is 0 Å². The van der Waals surface area contributed by atoms with Gasteiger partial charge in [-0.3, -0.25) is 0 Å². The van der Waals surface area contributed by atoms with Crippen LogP contribution >= 0.6 is 0 Å². The van der Waals surface area contributed by atoms with Gasteiger partial charge in [0, 0.05) is 21.1 Å². The SMILES string of the molecule is N.N.N.N.[Cl-].[Cl-].[Cl-].[Pt]. The molecule has 8 heteroatoms. The van der Waals surface area contributed by atoms with Crippen LogP contribution in [0.25, 0.3) is 0 Å².